The Labute approximate surface area is 116 Å². The second-order valence-electron chi connectivity index (χ2n) is 5.62. The molecule has 0 amide bonds. The Morgan fingerprint density at radius 1 is 1.39 bits per heavy atom. The molecule has 0 bridgehead atoms. The van der Waals surface area contributed by atoms with Gasteiger partial charge in [0.05, 0.1) is 0 Å². The summed E-state index contributed by atoms with van der Waals surface area (Å²) in [7, 11) is 0. The molecule has 2 unspecified atom stereocenters. The standard InChI is InChI=1S/C16H25NS/c1-5-17-15(16(4)9-6-10-18-16)14-11-12(2)7-8-13(14)3/h7-8,11,15,17H,5-6,9-10H2,1-4H3. The predicted molar refractivity (Wildman–Crippen MR) is 82.4 cm³/mol. The van der Waals surface area contributed by atoms with Gasteiger partial charge in [0, 0.05) is 10.8 Å². The highest BCUT2D eigenvalue weighted by atomic mass is 32.2. The van der Waals surface area contributed by atoms with E-state index in [1.54, 1.807) is 0 Å². The Bertz CT molecular complexity index is 408. The Morgan fingerprint density at radius 2 is 2.17 bits per heavy atom. The van der Waals surface area contributed by atoms with Crippen LogP contribution in [0.4, 0.5) is 0 Å². The molecular weight excluding hydrogens is 238 g/mol. The molecule has 0 saturated carbocycles. The molecule has 1 N–H and O–H groups in total. The number of hydrogen-bond donors (Lipinski definition) is 1. The first-order valence-electron chi connectivity index (χ1n) is 7.01. The highest BCUT2D eigenvalue weighted by Crippen LogP contribution is 2.47. The predicted octanol–water partition coefficient (Wildman–Crippen LogP) is 4.24. The zero-order chi connectivity index (χ0) is 13.2. The van der Waals surface area contributed by atoms with Gasteiger partial charge in [0.25, 0.3) is 0 Å². The molecule has 0 spiro atoms. The van der Waals surface area contributed by atoms with Crippen LogP contribution in [0.3, 0.4) is 0 Å². The number of nitrogens with one attached hydrogen (secondary N) is 1. The first kappa shape index (κ1) is 14.0. The first-order valence-corrected chi connectivity index (χ1v) is 8.00. The van der Waals surface area contributed by atoms with Gasteiger partial charge in [0.1, 0.15) is 0 Å². The van der Waals surface area contributed by atoms with Crippen LogP contribution in [0, 0.1) is 13.8 Å². The lowest BCUT2D eigenvalue weighted by Gasteiger charge is -2.35. The van der Waals surface area contributed by atoms with Crippen LogP contribution in [0.1, 0.15) is 49.4 Å². The second kappa shape index (κ2) is 5.66. The van der Waals surface area contributed by atoms with Crippen molar-refractivity contribution in [2.75, 3.05) is 12.3 Å². The maximum Gasteiger partial charge on any atom is 0.0469 e. The fourth-order valence-corrected chi connectivity index (χ4v) is 4.38. The summed E-state index contributed by atoms with van der Waals surface area (Å²) in [5, 5.41) is 3.73. The summed E-state index contributed by atoms with van der Waals surface area (Å²) in [6, 6.07) is 7.33. The van der Waals surface area contributed by atoms with Gasteiger partial charge in [-0.05, 0) is 57.0 Å². The van der Waals surface area contributed by atoms with Crippen molar-refractivity contribution in [1.29, 1.82) is 0 Å². The third-order valence-electron chi connectivity index (χ3n) is 4.01. The molecule has 1 saturated heterocycles. The molecule has 1 aromatic rings. The maximum atomic E-state index is 3.73. The summed E-state index contributed by atoms with van der Waals surface area (Å²) in [5.74, 6) is 1.31. The van der Waals surface area contributed by atoms with Gasteiger partial charge < -0.3 is 5.32 Å². The lowest BCUT2D eigenvalue weighted by atomic mass is 9.87. The van der Waals surface area contributed by atoms with E-state index < -0.39 is 0 Å². The average molecular weight is 263 g/mol. The summed E-state index contributed by atoms with van der Waals surface area (Å²) in [5.41, 5.74) is 4.28. The van der Waals surface area contributed by atoms with Crippen LogP contribution in [0.5, 0.6) is 0 Å². The number of thioether (sulfide) groups is 1. The molecule has 2 atom stereocenters. The van der Waals surface area contributed by atoms with Gasteiger partial charge in [-0.15, -0.1) is 0 Å². The molecule has 1 nitrogen and oxygen atoms in total. The van der Waals surface area contributed by atoms with Crippen molar-refractivity contribution in [2.45, 2.75) is 51.3 Å². The number of aryl methyl sites for hydroxylation is 2. The molecule has 1 aliphatic heterocycles. The number of rotatable bonds is 4. The minimum atomic E-state index is 0.356. The highest BCUT2D eigenvalue weighted by molar-refractivity contribution is 8.00. The molecule has 1 heterocycles. The van der Waals surface area contributed by atoms with Crippen LogP contribution < -0.4 is 5.32 Å². The van der Waals surface area contributed by atoms with Crippen molar-refractivity contribution in [3.8, 4) is 0 Å². The van der Waals surface area contributed by atoms with E-state index in [-0.39, 0.29) is 0 Å². The highest BCUT2D eigenvalue weighted by Gasteiger charge is 2.38. The average Bonchev–Trinajstić information content (AvgIpc) is 2.77. The van der Waals surface area contributed by atoms with E-state index in [1.165, 1.54) is 35.3 Å². The van der Waals surface area contributed by atoms with E-state index in [9.17, 15) is 0 Å². The third kappa shape index (κ3) is 2.75. The fraction of sp³-hybridized carbons (Fsp3) is 0.625. The van der Waals surface area contributed by atoms with Crippen LogP contribution in [-0.2, 0) is 0 Å². The van der Waals surface area contributed by atoms with E-state index in [0.29, 0.717) is 10.8 Å². The lowest BCUT2D eigenvalue weighted by Crippen LogP contribution is -2.38. The Morgan fingerprint density at radius 3 is 2.78 bits per heavy atom. The Balaban J connectivity index is 2.37. The van der Waals surface area contributed by atoms with Crippen molar-refractivity contribution in [1.82, 2.24) is 5.32 Å². The van der Waals surface area contributed by atoms with Gasteiger partial charge in [-0.3, -0.25) is 0 Å². The normalized spacial score (nSPS) is 25.3. The SMILES string of the molecule is CCNC(c1cc(C)ccc1C)C1(C)CCCS1. The van der Waals surface area contributed by atoms with E-state index in [4.69, 9.17) is 0 Å². The van der Waals surface area contributed by atoms with E-state index in [0.717, 1.165) is 6.54 Å². The van der Waals surface area contributed by atoms with Crippen molar-refractivity contribution < 1.29 is 0 Å². The molecule has 0 aromatic heterocycles. The molecule has 2 rings (SSSR count). The molecule has 18 heavy (non-hydrogen) atoms. The molecule has 0 radical (unpaired) electrons. The van der Waals surface area contributed by atoms with E-state index >= 15 is 0 Å². The number of benzene rings is 1. The van der Waals surface area contributed by atoms with E-state index in [1.807, 2.05) is 0 Å². The van der Waals surface area contributed by atoms with Gasteiger partial charge in [-0.1, -0.05) is 30.7 Å². The minimum Gasteiger partial charge on any atom is -0.309 e. The quantitative estimate of drug-likeness (QED) is 0.872. The van der Waals surface area contributed by atoms with Crippen molar-refractivity contribution >= 4 is 11.8 Å². The van der Waals surface area contributed by atoms with Crippen molar-refractivity contribution in [3.63, 3.8) is 0 Å². The van der Waals surface area contributed by atoms with Gasteiger partial charge in [-0.2, -0.15) is 11.8 Å². The third-order valence-corrected chi connectivity index (χ3v) is 5.61. The zero-order valence-corrected chi connectivity index (χ0v) is 12.9. The summed E-state index contributed by atoms with van der Waals surface area (Å²) in [4.78, 5) is 0. The lowest BCUT2D eigenvalue weighted by molar-refractivity contribution is 0.420. The fourth-order valence-electron chi connectivity index (χ4n) is 2.96. The zero-order valence-electron chi connectivity index (χ0n) is 12.0. The van der Waals surface area contributed by atoms with Crippen LogP contribution in [0.15, 0.2) is 18.2 Å². The molecule has 1 fully saturated rings. The smallest absolute Gasteiger partial charge is 0.0469 e. The summed E-state index contributed by atoms with van der Waals surface area (Å²) in [6.07, 6.45) is 2.68. The summed E-state index contributed by atoms with van der Waals surface area (Å²) < 4.78 is 0.356. The molecule has 1 aliphatic rings. The van der Waals surface area contributed by atoms with Crippen LogP contribution in [-0.4, -0.2) is 17.0 Å². The van der Waals surface area contributed by atoms with Crippen LogP contribution in [0.2, 0.25) is 0 Å². The van der Waals surface area contributed by atoms with Crippen LogP contribution >= 0.6 is 11.8 Å². The van der Waals surface area contributed by atoms with Gasteiger partial charge >= 0.3 is 0 Å². The molecule has 0 aliphatic carbocycles. The summed E-state index contributed by atoms with van der Waals surface area (Å²) in [6.45, 7) is 10.1. The minimum absolute atomic E-state index is 0.356. The second-order valence-corrected chi connectivity index (χ2v) is 7.24. The molecule has 2 heteroatoms. The van der Waals surface area contributed by atoms with Crippen molar-refractivity contribution in [2.24, 2.45) is 0 Å². The van der Waals surface area contributed by atoms with Crippen LogP contribution in [0.25, 0.3) is 0 Å². The Hall–Kier alpha value is -0.470. The maximum absolute atomic E-state index is 3.73. The molecule has 100 valence electrons. The first-order chi connectivity index (χ1) is 8.57. The topological polar surface area (TPSA) is 12.0 Å². The number of hydrogen-bond acceptors (Lipinski definition) is 2. The largest absolute Gasteiger partial charge is 0.309 e. The molecular formula is C16H25NS. The van der Waals surface area contributed by atoms with E-state index in [2.05, 4.69) is 63.0 Å². The van der Waals surface area contributed by atoms with Gasteiger partial charge in [0.2, 0.25) is 0 Å². The Kier molecular flexibility index (Phi) is 4.39. The van der Waals surface area contributed by atoms with Gasteiger partial charge in [0.15, 0.2) is 0 Å². The monoisotopic (exact) mass is 263 g/mol. The summed E-state index contributed by atoms with van der Waals surface area (Å²) >= 11 is 2.14. The molecule has 1 aromatic carbocycles. The van der Waals surface area contributed by atoms with Crippen molar-refractivity contribution in [3.05, 3.63) is 34.9 Å². The van der Waals surface area contributed by atoms with Gasteiger partial charge in [-0.25, -0.2) is 0 Å².